The molecular weight excluding hydrogens is 531 g/mol. The van der Waals surface area contributed by atoms with Crippen molar-refractivity contribution in [2.75, 3.05) is 12.0 Å². The lowest BCUT2D eigenvalue weighted by molar-refractivity contribution is -0.384. The minimum absolute atomic E-state index is 0.0753. The van der Waals surface area contributed by atoms with Crippen molar-refractivity contribution >= 4 is 74.9 Å². The lowest BCUT2D eigenvalue weighted by Crippen LogP contribution is -2.27. The van der Waals surface area contributed by atoms with Gasteiger partial charge in [0, 0.05) is 33.3 Å². The Morgan fingerprint density at radius 1 is 1.14 bits per heavy atom. The predicted octanol–water partition coefficient (Wildman–Crippen LogP) is 6.90. The van der Waals surface area contributed by atoms with Gasteiger partial charge in [0.25, 0.3) is 11.6 Å². The molecule has 0 saturated carbocycles. The molecule has 1 amide bonds. The van der Waals surface area contributed by atoms with Crippen LogP contribution in [-0.2, 0) is 11.4 Å². The number of carbonyl (C=O) groups is 1. The number of thioether (sulfide) groups is 1. The first-order chi connectivity index (χ1) is 16.8. The van der Waals surface area contributed by atoms with Crippen molar-refractivity contribution in [2.45, 2.75) is 6.61 Å². The van der Waals surface area contributed by atoms with E-state index >= 15 is 0 Å². The van der Waals surface area contributed by atoms with Crippen molar-refractivity contribution < 1.29 is 19.2 Å². The van der Waals surface area contributed by atoms with E-state index in [0.717, 1.165) is 17.3 Å². The number of nitro groups is 1. The fraction of sp³-hybridized carbons (Fsp3) is 0.0833. The molecule has 11 heteroatoms. The molecule has 35 heavy (non-hydrogen) atoms. The number of non-ortho nitro benzene ring substituents is 1. The van der Waals surface area contributed by atoms with E-state index in [2.05, 4.69) is 0 Å². The molecular formula is C24H16Cl2N2O5S2. The van der Waals surface area contributed by atoms with Gasteiger partial charge in [-0.25, -0.2) is 0 Å². The molecule has 0 unspecified atom stereocenters. The van der Waals surface area contributed by atoms with Crippen LogP contribution in [0.5, 0.6) is 11.5 Å². The van der Waals surface area contributed by atoms with Crippen molar-refractivity contribution in [3.63, 3.8) is 0 Å². The number of para-hydroxylation sites is 1. The van der Waals surface area contributed by atoms with Gasteiger partial charge in [0.15, 0.2) is 15.8 Å². The molecule has 0 aliphatic carbocycles. The topological polar surface area (TPSA) is 81.9 Å². The molecule has 1 saturated heterocycles. The molecule has 7 nitrogen and oxygen atoms in total. The minimum atomic E-state index is -0.504. The number of hydrogen-bond donors (Lipinski definition) is 0. The van der Waals surface area contributed by atoms with Gasteiger partial charge in [-0.1, -0.05) is 65.4 Å². The number of hydrogen-bond acceptors (Lipinski definition) is 7. The number of benzene rings is 3. The molecule has 1 aliphatic rings. The van der Waals surface area contributed by atoms with Gasteiger partial charge in [-0.05, 0) is 36.4 Å². The lowest BCUT2D eigenvalue weighted by Gasteiger charge is -2.15. The summed E-state index contributed by atoms with van der Waals surface area (Å²) in [7, 11) is 1.52. The van der Waals surface area contributed by atoms with E-state index in [1.807, 2.05) is 0 Å². The van der Waals surface area contributed by atoms with E-state index in [1.54, 1.807) is 42.5 Å². The summed E-state index contributed by atoms with van der Waals surface area (Å²) in [5, 5.41) is 11.9. The van der Waals surface area contributed by atoms with E-state index < -0.39 is 4.92 Å². The zero-order chi connectivity index (χ0) is 25.1. The number of ether oxygens (including phenoxy) is 2. The fourth-order valence-electron chi connectivity index (χ4n) is 3.31. The average molecular weight is 547 g/mol. The fourth-order valence-corrected chi connectivity index (χ4v) is 5.06. The molecule has 0 atom stereocenters. The maximum absolute atomic E-state index is 13.2. The van der Waals surface area contributed by atoms with Crippen molar-refractivity contribution in [1.82, 2.24) is 0 Å². The number of nitro benzene ring substituents is 1. The highest BCUT2D eigenvalue weighted by Crippen LogP contribution is 2.40. The Kier molecular flexibility index (Phi) is 7.61. The molecule has 1 aliphatic heterocycles. The molecule has 0 N–H and O–H groups in total. The molecule has 0 spiro atoms. The molecule has 1 heterocycles. The van der Waals surface area contributed by atoms with Gasteiger partial charge in [-0.15, -0.1) is 0 Å². The molecule has 178 valence electrons. The van der Waals surface area contributed by atoms with Crippen molar-refractivity contribution in [3.8, 4) is 11.5 Å². The molecule has 1 fully saturated rings. The third-order valence-corrected chi connectivity index (χ3v) is 6.90. The number of nitrogens with zero attached hydrogens (tertiary/aromatic N) is 2. The van der Waals surface area contributed by atoms with E-state index in [1.165, 1.54) is 36.3 Å². The first-order valence-electron chi connectivity index (χ1n) is 10.0. The van der Waals surface area contributed by atoms with Gasteiger partial charge < -0.3 is 9.47 Å². The highest BCUT2D eigenvalue weighted by molar-refractivity contribution is 8.27. The van der Waals surface area contributed by atoms with Gasteiger partial charge in [0.05, 0.1) is 22.6 Å². The Labute approximate surface area is 220 Å². The average Bonchev–Trinajstić information content (AvgIpc) is 3.11. The van der Waals surface area contributed by atoms with Crippen LogP contribution in [0.1, 0.15) is 11.1 Å². The zero-order valence-corrected chi connectivity index (χ0v) is 21.2. The summed E-state index contributed by atoms with van der Waals surface area (Å²) in [5.74, 6) is 0.569. The summed E-state index contributed by atoms with van der Waals surface area (Å²) in [6, 6.07) is 16.1. The molecule has 3 aromatic rings. The number of halogens is 2. The quantitative estimate of drug-likeness (QED) is 0.138. The molecule has 3 aromatic carbocycles. The van der Waals surface area contributed by atoms with Crippen molar-refractivity contribution in [2.24, 2.45) is 0 Å². The number of anilines is 1. The summed E-state index contributed by atoms with van der Waals surface area (Å²) in [6.45, 7) is 0.154. The van der Waals surface area contributed by atoms with Crippen molar-refractivity contribution in [1.29, 1.82) is 0 Å². The number of thiocarbonyl (C=S) groups is 1. The highest BCUT2D eigenvalue weighted by atomic mass is 35.5. The first kappa shape index (κ1) is 25.0. The standard InChI is InChI=1S/C24H16Cl2N2O5S2/c1-32-20-4-2-3-14(22(20)33-13-15-5-6-16(25)12-19(15)26)11-21-23(29)27(24(34)35-21)17-7-9-18(10-8-17)28(30)31/h2-12H,13H2,1H3/b21-11-. The van der Waals surface area contributed by atoms with E-state index in [9.17, 15) is 14.9 Å². The van der Waals surface area contributed by atoms with Crippen LogP contribution in [0.2, 0.25) is 10.0 Å². The van der Waals surface area contributed by atoms with Gasteiger partial charge in [-0.2, -0.15) is 0 Å². The van der Waals surface area contributed by atoms with E-state index in [-0.39, 0.29) is 18.2 Å². The molecule has 4 rings (SSSR count). The monoisotopic (exact) mass is 546 g/mol. The number of amides is 1. The third-order valence-electron chi connectivity index (χ3n) is 5.02. The Bertz CT molecular complexity index is 1360. The van der Waals surface area contributed by atoms with Crippen LogP contribution < -0.4 is 14.4 Å². The van der Waals surface area contributed by atoms with Crippen LogP contribution >= 0.6 is 47.2 Å². The second-order valence-corrected chi connectivity index (χ2v) is 9.71. The maximum atomic E-state index is 13.2. The van der Waals surface area contributed by atoms with Crippen LogP contribution in [0.3, 0.4) is 0 Å². The van der Waals surface area contributed by atoms with Gasteiger partial charge in [-0.3, -0.25) is 19.8 Å². The Morgan fingerprint density at radius 2 is 1.89 bits per heavy atom. The minimum Gasteiger partial charge on any atom is -0.493 e. The molecule has 0 radical (unpaired) electrons. The summed E-state index contributed by atoms with van der Waals surface area (Å²) in [5.41, 5.74) is 1.71. The molecule has 0 aromatic heterocycles. The number of rotatable bonds is 7. The van der Waals surface area contributed by atoms with E-state index in [0.29, 0.717) is 42.0 Å². The summed E-state index contributed by atoms with van der Waals surface area (Å²) in [6.07, 6.45) is 1.67. The van der Waals surface area contributed by atoms with Crippen molar-refractivity contribution in [3.05, 3.63) is 96.9 Å². The lowest BCUT2D eigenvalue weighted by atomic mass is 10.1. The van der Waals surface area contributed by atoms with Crippen LogP contribution in [0, 0.1) is 10.1 Å². The molecule has 0 bridgehead atoms. The highest BCUT2D eigenvalue weighted by Gasteiger charge is 2.34. The Hall–Kier alpha value is -3.11. The third kappa shape index (κ3) is 5.43. The van der Waals surface area contributed by atoms with E-state index in [4.69, 9.17) is 44.9 Å². The second-order valence-electron chi connectivity index (χ2n) is 7.19. The SMILES string of the molecule is COc1cccc(/C=C2\SC(=S)N(c3ccc([N+](=O)[O-])cc3)C2=O)c1OCc1ccc(Cl)cc1Cl. The Morgan fingerprint density at radius 3 is 2.54 bits per heavy atom. The number of methoxy groups -OCH3 is 1. The summed E-state index contributed by atoms with van der Waals surface area (Å²) in [4.78, 5) is 25.3. The summed E-state index contributed by atoms with van der Waals surface area (Å²) >= 11 is 18.8. The second kappa shape index (κ2) is 10.7. The smallest absolute Gasteiger partial charge is 0.270 e. The zero-order valence-electron chi connectivity index (χ0n) is 18.1. The van der Waals surface area contributed by atoms with Crippen LogP contribution in [0.15, 0.2) is 65.6 Å². The Balaban J connectivity index is 1.63. The predicted molar refractivity (Wildman–Crippen MR) is 143 cm³/mol. The van der Waals surface area contributed by atoms with Gasteiger partial charge in [0.1, 0.15) is 6.61 Å². The normalized spacial score (nSPS) is 14.5. The van der Waals surface area contributed by atoms with Crippen LogP contribution in [0.4, 0.5) is 11.4 Å². The van der Waals surface area contributed by atoms with Gasteiger partial charge in [0.2, 0.25) is 0 Å². The largest absolute Gasteiger partial charge is 0.493 e. The maximum Gasteiger partial charge on any atom is 0.270 e. The number of carbonyl (C=O) groups excluding carboxylic acids is 1. The summed E-state index contributed by atoms with van der Waals surface area (Å²) < 4.78 is 11.8. The van der Waals surface area contributed by atoms with Crippen LogP contribution in [0.25, 0.3) is 6.08 Å². The first-order valence-corrected chi connectivity index (χ1v) is 12.0. The van der Waals surface area contributed by atoms with Gasteiger partial charge >= 0.3 is 0 Å². The van der Waals surface area contributed by atoms with Crippen LogP contribution in [-0.4, -0.2) is 22.3 Å².